The number of fused-ring (bicyclic) bond motifs is 2. The summed E-state index contributed by atoms with van der Waals surface area (Å²) in [6, 6.07) is 4.02. The van der Waals surface area contributed by atoms with Gasteiger partial charge in [0.15, 0.2) is 29.4 Å². The van der Waals surface area contributed by atoms with Crippen LogP contribution in [0.1, 0.15) is 29.7 Å². The van der Waals surface area contributed by atoms with E-state index in [1.165, 1.54) is 29.8 Å². The van der Waals surface area contributed by atoms with Crippen LogP contribution < -0.4 is 20.6 Å². The zero-order valence-electron chi connectivity index (χ0n) is 27.1. The van der Waals surface area contributed by atoms with Gasteiger partial charge in [0.25, 0.3) is 11.8 Å². The second-order valence-electron chi connectivity index (χ2n) is 12.1. The SMILES string of the molecule is CO/N=C(\C(=O)N[C@@H]1C(=O)N2C(C(=O)O)=C(C[n+]3ccc4n3CCN4Cc3c(F)cc(C=NN4CCCC4)cc3Cl)CS[C@H]12)c1nc(N)sc1Cl. The molecule has 2 fully saturated rings. The lowest BCUT2D eigenvalue weighted by Gasteiger charge is -2.49. The molecule has 51 heavy (non-hydrogen) atoms. The van der Waals surface area contributed by atoms with Crippen LogP contribution in [0.4, 0.5) is 15.3 Å². The molecule has 4 N–H and O–H groups in total. The Bertz CT molecular complexity index is 1990. The Morgan fingerprint density at radius 3 is 2.73 bits per heavy atom. The molecular formula is C31H32Cl2FN10O5S2+. The molecule has 2 atom stereocenters. The molecule has 0 aliphatic carbocycles. The van der Waals surface area contributed by atoms with Crippen LogP contribution in [0.2, 0.25) is 9.36 Å². The van der Waals surface area contributed by atoms with E-state index >= 15 is 4.39 Å². The quantitative estimate of drug-likeness (QED) is 0.114. The third-order valence-corrected chi connectivity index (χ3v) is 11.7. The molecule has 0 spiro atoms. The highest BCUT2D eigenvalue weighted by Crippen LogP contribution is 2.41. The number of carboxylic acids is 1. The van der Waals surface area contributed by atoms with Crippen LogP contribution in [0.5, 0.6) is 0 Å². The fraction of sp³-hybridized carbons (Fsp3) is 0.387. The number of thioether (sulfide) groups is 1. The van der Waals surface area contributed by atoms with Gasteiger partial charge in [-0.2, -0.15) is 5.10 Å². The van der Waals surface area contributed by atoms with E-state index < -0.39 is 35.0 Å². The zero-order valence-corrected chi connectivity index (χ0v) is 30.2. The van der Waals surface area contributed by atoms with Gasteiger partial charge in [0.1, 0.15) is 40.1 Å². The summed E-state index contributed by atoms with van der Waals surface area (Å²) in [5.74, 6) is -1.92. The number of aliphatic carboxylic acids is 1. The molecule has 3 aromatic rings. The maximum absolute atomic E-state index is 15.3. The number of benzene rings is 1. The van der Waals surface area contributed by atoms with Crippen LogP contribution in [0.15, 0.2) is 45.9 Å². The smallest absolute Gasteiger partial charge is 0.352 e. The average molecular weight is 779 g/mol. The predicted molar refractivity (Wildman–Crippen MR) is 190 cm³/mol. The van der Waals surface area contributed by atoms with Crippen LogP contribution in [-0.2, 0) is 38.9 Å². The Balaban J connectivity index is 1.04. The number of thiazole rings is 1. The number of nitrogens with two attached hydrogens (primary N) is 1. The number of rotatable bonds is 11. The summed E-state index contributed by atoms with van der Waals surface area (Å²) in [4.78, 5) is 51.1. The molecule has 0 unspecified atom stereocenters. The van der Waals surface area contributed by atoms with E-state index in [-0.39, 0.29) is 39.7 Å². The second kappa shape index (κ2) is 14.3. The molecule has 2 saturated heterocycles. The topological polar surface area (TPSA) is 175 Å². The van der Waals surface area contributed by atoms with Crippen molar-refractivity contribution in [3.8, 4) is 0 Å². The summed E-state index contributed by atoms with van der Waals surface area (Å²) >= 11 is 15.0. The molecule has 1 aromatic carbocycles. The Morgan fingerprint density at radius 1 is 1.25 bits per heavy atom. The summed E-state index contributed by atoms with van der Waals surface area (Å²) in [7, 11) is 1.24. The normalized spacial score (nSPS) is 20.3. The molecule has 0 radical (unpaired) electrons. The first-order chi connectivity index (χ1) is 24.5. The van der Waals surface area contributed by atoms with Gasteiger partial charge in [-0.15, -0.1) is 21.1 Å². The van der Waals surface area contributed by atoms with E-state index in [4.69, 9.17) is 33.8 Å². The molecule has 15 nitrogen and oxygen atoms in total. The van der Waals surface area contributed by atoms with E-state index in [1.54, 1.807) is 12.3 Å². The van der Waals surface area contributed by atoms with Crippen LogP contribution in [0.3, 0.4) is 0 Å². The minimum atomic E-state index is -1.26. The number of β-lactam (4-membered cyclic amide) rings is 1. The number of hydrogen-bond acceptors (Lipinski definition) is 12. The molecule has 4 aliphatic heterocycles. The van der Waals surface area contributed by atoms with Crippen molar-refractivity contribution in [2.45, 2.75) is 43.9 Å². The number of hydrogen-bond donors (Lipinski definition) is 3. The van der Waals surface area contributed by atoms with Crippen molar-refractivity contribution >= 4 is 87.0 Å². The van der Waals surface area contributed by atoms with E-state index in [9.17, 15) is 19.5 Å². The van der Waals surface area contributed by atoms with E-state index in [1.807, 2.05) is 31.5 Å². The molecule has 2 aromatic heterocycles. The third-order valence-electron chi connectivity index (χ3n) is 8.95. The van der Waals surface area contributed by atoms with Gasteiger partial charge in [-0.3, -0.25) is 19.5 Å². The van der Waals surface area contributed by atoms with Crippen LogP contribution in [0.25, 0.3) is 0 Å². The third kappa shape index (κ3) is 6.72. The van der Waals surface area contributed by atoms with Gasteiger partial charge in [0.05, 0.1) is 18.8 Å². The number of carboxylic acid groups (broad SMARTS) is 1. The standard InChI is InChI=1S/C31H31Cl2FN10O5S2/c1-49-39-23(22-26(33)51-31(35)38-22)27(45)37-24-28(46)44-25(30(47)48)17(15-50-29(24)44)13-42-7-4-21-40(8-9-43(21)42)14-18-19(32)10-16(11-20(18)34)12-36-41-5-2-3-6-41/h4,7,10-12,24,29H,2-3,5-6,8-9,13-15H2,1H3,(H3-,35,37,38,45,47,48)/p+1/b36-12?,39-23-/t24-,29-/m1/s1. The van der Waals surface area contributed by atoms with Crippen molar-refractivity contribution in [1.29, 1.82) is 0 Å². The van der Waals surface area contributed by atoms with Gasteiger partial charge in [-0.25, -0.2) is 14.2 Å². The number of nitrogens with zero attached hydrogens (tertiary/aromatic N) is 8. The molecule has 268 valence electrons. The maximum Gasteiger partial charge on any atom is 0.352 e. The van der Waals surface area contributed by atoms with E-state index in [2.05, 4.69) is 20.6 Å². The molecule has 7 rings (SSSR count). The van der Waals surface area contributed by atoms with Crippen LogP contribution >= 0.6 is 46.3 Å². The number of nitrogen functional groups attached to an aromatic ring is 1. The van der Waals surface area contributed by atoms with E-state index in [0.29, 0.717) is 40.6 Å². The van der Waals surface area contributed by atoms with Crippen molar-refractivity contribution in [2.24, 2.45) is 10.3 Å². The fourth-order valence-electron chi connectivity index (χ4n) is 6.55. The number of carbonyl (C=O) groups excluding carboxylic acids is 2. The first-order valence-electron chi connectivity index (χ1n) is 15.9. The summed E-state index contributed by atoms with van der Waals surface area (Å²) in [5.41, 5.74) is 6.82. The predicted octanol–water partition coefficient (Wildman–Crippen LogP) is 2.50. The largest absolute Gasteiger partial charge is 0.477 e. The second-order valence-corrected chi connectivity index (χ2v) is 15.2. The van der Waals surface area contributed by atoms with Crippen LogP contribution in [-0.4, -0.2) is 98.3 Å². The molecule has 2 amide bonds. The Kier molecular flexibility index (Phi) is 9.84. The Morgan fingerprint density at radius 2 is 2.04 bits per heavy atom. The van der Waals surface area contributed by atoms with Crippen molar-refractivity contribution in [2.75, 3.05) is 43.1 Å². The fourth-order valence-corrected chi connectivity index (χ4v) is 9.09. The maximum atomic E-state index is 15.3. The van der Waals surface area contributed by atoms with Gasteiger partial charge in [0, 0.05) is 48.1 Å². The molecule has 4 aliphatic rings. The molecule has 20 heteroatoms. The minimum Gasteiger partial charge on any atom is -0.477 e. The first kappa shape index (κ1) is 35.0. The molecular weight excluding hydrogens is 746 g/mol. The first-order valence-corrected chi connectivity index (χ1v) is 18.5. The Labute approximate surface area is 309 Å². The van der Waals surface area contributed by atoms with Crippen LogP contribution in [0, 0.1) is 5.82 Å². The number of carbonyl (C=O) groups is 3. The number of hydrazone groups is 1. The molecule has 0 saturated carbocycles. The lowest BCUT2D eigenvalue weighted by Crippen LogP contribution is -2.71. The number of oxime groups is 1. The van der Waals surface area contributed by atoms with Crippen molar-refractivity contribution < 1.29 is 33.4 Å². The minimum absolute atomic E-state index is 0.00608. The number of nitrogens with one attached hydrogen (secondary N) is 1. The lowest BCUT2D eigenvalue weighted by atomic mass is 10.0. The Hall–Kier alpha value is -4.39. The summed E-state index contributed by atoms with van der Waals surface area (Å²) < 4.78 is 19.3. The number of amides is 2. The van der Waals surface area contributed by atoms with E-state index in [0.717, 1.165) is 43.1 Å². The summed E-state index contributed by atoms with van der Waals surface area (Å²) in [5, 5.41) is 22.8. The van der Waals surface area contributed by atoms with Crippen molar-refractivity contribution in [1.82, 2.24) is 24.9 Å². The highest BCUT2D eigenvalue weighted by Gasteiger charge is 2.55. The monoisotopic (exact) mass is 777 g/mol. The van der Waals surface area contributed by atoms with Gasteiger partial charge in [-0.05, 0) is 30.5 Å². The highest BCUT2D eigenvalue weighted by atomic mass is 35.5. The summed E-state index contributed by atoms with van der Waals surface area (Å²) in [6.07, 6.45) is 5.65. The van der Waals surface area contributed by atoms with Gasteiger partial charge < -0.3 is 25.9 Å². The van der Waals surface area contributed by atoms with Crippen molar-refractivity contribution in [3.63, 3.8) is 0 Å². The number of aromatic nitrogens is 3. The molecule has 6 heterocycles. The molecule has 0 bridgehead atoms. The number of anilines is 2. The lowest BCUT2D eigenvalue weighted by molar-refractivity contribution is -0.766. The summed E-state index contributed by atoms with van der Waals surface area (Å²) in [6.45, 7) is 3.38. The van der Waals surface area contributed by atoms with Gasteiger partial charge in [-0.1, -0.05) is 39.7 Å². The van der Waals surface area contributed by atoms with Gasteiger partial charge in [0.2, 0.25) is 0 Å². The highest BCUT2D eigenvalue weighted by molar-refractivity contribution is 8.00. The average Bonchev–Trinajstić information content (AvgIpc) is 3.90. The zero-order chi connectivity index (χ0) is 36.0. The number of halogens is 3. The van der Waals surface area contributed by atoms with Crippen molar-refractivity contribution in [3.05, 3.63) is 67.7 Å². The van der Waals surface area contributed by atoms with Gasteiger partial charge >= 0.3 is 5.97 Å².